The molecule has 4 nitrogen and oxygen atoms in total. The first-order chi connectivity index (χ1) is 14.6. The molecule has 3 aliphatic rings. The van der Waals surface area contributed by atoms with Crippen molar-refractivity contribution in [3.05, 3.63) is 44.8 Å². The van der Waals surface area contributed by atoms with Gasteiger partial charge in [0, 0.05) is 18.8 Å². The maximum Gasteiger partial charge on any atom is 0.349 e. The van der Waals surface area contributed by atoms with Gasteiger partial charge in [-0.15, -0.1) is 22.7 Å². The minimum atomic E-state index is -1.70. The second-order valence-corrected chi connectivity index (χ2v) is 11.0. The number of thiophene rings is 2. The Morgan fingerprint density at radius 3 is 2.30 bits per heavy atom. The summed E-state index contributed by atoms with van der Waals surface area (Å²) in [7, 11) is 0. The van der Waals surface area contributed by atoms with Crippen LogP contribution in [0.3, 0.4) is 0 Å². The lowest BCUT2D eigenvalue weighted by Gasteiger charge is -2.52. The first kappa shape index (κ1) is 22.0. The fourth-order valence-corrected chi connectivity index (χ4v) is 6.95. The van der Waals surface area contributed by atoms with Crippen LogP contribution < -0.4 is 0 Å². The quantitative estimate of drug-likeness (QED) is 0.310. The summed E-state index contributed by atoms with van der Waals surface area (Å²) in [4.78, 5) is 14.6. The van der Waals surface area contributed by atoms with Gasteiger partial charge >= 0.3 is 5.97 Å². The SMILES string of the molecule is CCCCCCC[N+]12CCC(CC1)[C@@H](OC(=O)C(O)(c1cccs1)c1cccs1)C2. The van der Waals surface area contributed by atoms with E-state index in [0.29, 0.717) is 15.7 Å². The molecule has 0 aromatic carbocycles. The molecule has 5 rings (SSSR count). The van der Waals surface area contributed by atoms with Crippen molar-refractivity contribution in [2.45, 2.75) is 63.6 Å². The highest BCUT2D eigenvalue weighted by molar-refractivity contribution is 7.12. The van der Waals surface area contributed by atoms with E-state index in [1.807, 2.05) is 35.0 Å². The van der Waals surface area contributed by atoms with Gasteiger partial charge in [-0.2, -0.15) is 0 Å². The van der Waals surface area contributed by atoms with Crippen LogP contribution in [-0.2, 0) is 15.1 Å². The van der Waals surface area contributed by atoms with E-state index in [0.717, 1.165) is 23.9 Å². The standard InChI is InChI=1S/C24H34NO3S2/c1-2-3-4-5-6-13-25-14-11-19(12-15-25)20(18-25)28-23(26)24(27,21-9-7-16-29-21)22-10-8-17-30-22/h7-10,16-17,19-20,27H,2-6,11-15,18H2,1H3/q+1/t19?,20-,25?/m0/s1. The average Bonchev–Trinajstić information content (AvgIpc) is 3.48. The number of esters is 1. The third kappa shape index (κ3) is 4.38. The van der Waals surface area contributed by atoms with Crippen LogP contribution in [0.2, 0.25) is 0 Å². The van der Waals surface area contributed by atoms with Gasteiger partial charge in [0.2, 0.25) is 5.60 Å². The molecule has 2 aromatic heterocycles. The highest BCUT2D eigenvalue weighted by atomic mass is 32.1. The Morgan fingerprint density at radius 1 is 1.10 bits per heavy atom. The number of aliphatic hydroxyl groups is 1. The summed E-state index contributed by atoms with van der Waals surface area (Å²) in [6, 6.07) is 7.40. The summed E-state index contributed by atoms with van der Waals surface area (Å²) in [6.45, 7) is 6.79. The van der Waals surface area contributed by atoms with Gasteiger partial charge in [0.1, 0.15) is 6.54 Å². The Hall–Kier alpha value is -1.21. The Balaban J connectivity index is 1.45. The molecular formula is C24H34NO3S2+. The van der Waals surface area contributed by atoms with Crippen molar-refractivity contribution in [2.24, 2.45) is 5.92 Å². The molecular weight excluding hydrogens is 414 g/mol. The van der Waals surface area contributed by atoms with E-state index in [-0.39, 0.29) is 6.10 Å². The van der Waals surface area contributed by atoms with Crippen LogP contribution in [0.25, 0.3) is 0 Å². The molecule has 3 aliphatic heterocycles. The maximum absolute atomic E-state index is 13.4. The molecule has 0 unspecified atom stereocenters. The van der Waals surface area contributed by atoms with Crippen molar-refractivity contribution in [1.29, 1.82) is 0 Å². The highest BCUT2D eigenvalue weighted by Gasteiger charge is 2.51. The van der Waals surface area contributed by atoms with Crippen molar-refractivity contribution in [1.82, 2.24) is 0 Å². The van der Waals surface area contributed by atoms with E-state index in [1.165, 1.54) is 74.4 Å². The normalized spacial score (nSPS) is 26.1. The molecule has 164 valence electrons. The van der Waals surface area contributed by atoms with Crippen LogP contribution in [0.15, 0.2) is 35.0 Å². The molecule has 0 aliphatic carbocycles. The van der Waals surface area contributed by atoms with Crippen molar-refractivity contribution in [3.63, 3.8) is 0 Å². The number of ether oxygens (including phenoxy) is 1. The molecule has 2 aromatic rings. The molecule has 5 heterocycles. The Kier molecular flexibility index (Phi) is 6.98. The summed E-state index contributed by atoms with van der Waals surface area (Å²) in [5.74, 6) is -0.0720. The van der Waals surface area contributed by atoms with Gasteiger partial charge in [-0.3, -0.25) is 0 Å². The third-order valence-electron chi connectivity index (χ3n) is 7.09. The van der Waals surface area contributed by atoms with Crippen molar-refractivity contribution < 1.29 is 19.1 Å². The second kappa shape index (κ2) is 9.51. The van der Waals surface area contributed by atoms with Crippen molar-refractivity contribution >= 4 is 28.6 Å². The van der Waals surface area contributed by atoms with Gasteiger partial charge < -0.3 is 14.3 Å². The number of quaternary nitrogens is 1. The number of rotatable bonds is 10. The number of piperidine rings is 3. The summed E-state index contributed by atoms with van der Waals surface area (Å²) >= 11 is 2.80. The third-order valence-corrected chi connectivity index (χ3v) is 9.04. The van der Waals surface area contributed by atoms with E-state index < -0.39 is 11.6 Å². The fourth-order valence-electron chi connectivity index (χ4n) is 5.23. The van der Waals surface area contributed by atoms with Crippen LogP contribution in [0, 0.1) is 5.92 Å². The molecule has 0 saturated carbocycles. The fraction of sp³-hybridized carbons (Fsp3) is 0.625. The number of unbranched alkanes of at least 4 members (excludes halogenated alkanes) is 4. The Morgan fingerprint density at radius 2 is 1.73 bits per heavy atom. The number of hydrogen-bond donors (Lipinski definition) is 1. The summed E-state index contributed by atoms with van der Waals surface area (Å²) in [6.07, 6.45) is 8.67. The van der Waals surface area contributed by atoms with Crippen LogP contribution in [0.4, 0.5) is 0 Å². The molecule has 1 atom stereocenters. The zero-order valence-electron chi connectivity index (χ0n) is 17.9. The van der Waals surface area contributed by atoms with E-state index >= 15 is 0 Å². The predicted molar refractivity (Wildman–Crippen MR) is 123 cm³/mol. The van der Waals surface area contributed by atoms with E-state index in [9.17, 15) is 9.90 Å². The van der Waals surface area contributed by atoms with Gasteiger partial charge in [-0.1, -0.05) is 38.3 Å². The Labute approximate surface area is 188 Å². The van der Waals surface area contributed by atoms with Crippen LogP contribution in [0.1, 0.15) is 61.6 Å². The first-order valence-electron chi connectivity index (χ1n) is 11.4. The van der Waals surface area contributed by atoms with Gasteiger partial charge in [0.25, 0.3) is 0 Å². The molecule has 0 spiro atoms. The monoisotopic (exact) mass is 448 g/mol. The van der Waals surface area contributed by atoms with E-state index in [4.69, 9.17) is 4.74 Å². The number of nitrogens with zero attached hydrogens (tertiary/aromatic N) is 1. The lowest BCUT2D eigenvalue weighted by molar-refractivity contribution is -0.946. The zero-order chi connectivity index (χ0) is 21.0. The number of hydrogen-bond acceptors (Lipinski definition) is 5. The zero-order valence-corrected chi connectivity index (χ0v) is 19.6. The lowest BCUT2D eigenvalue weighted by Crippen LogP contribution is -2.65. The number of carbonyl (C=O) groups excluding carboxylic acids is 1. The summed E-state index contributed by atoms with van der Waals surface area (Å²) < 4.78 is 7.21. The van der Waals surface area contributed by atoms with Crippen molar-refractivity contribution in [3.8, 4) is 0 Å². The van der Waals surface area contributed by atoms with Crippen LogP contribution >= 0.6 is 22.7 Å². The van der Waals surface area contributed by atoms with Crippen LogP contribution in [0.5, 0.6) is 0 Å². The molecule has 30 heavy (non-hydrogen) atoms. The van der Waals surface area contributed by atoms with E-state index in [1.54, 1.807) is 0 Å². The van der Waals surface area contributed by atoms with Gasteiger partial charge in [0.05, 0.1) is 29.4 Å². The molecule has 3 saturated heterocycles. The average molecular weight is 449 g/mol. The predicted octanol–water partition coefficient (Wildman–Crippen LogP) is 5.17. The molecule has 0 amide bonds. The molecule has 2 bridgehead atoms. The number of fused-ring (bicyclic) bond motifs is 3. The van der Waals surface area contributed by atoms with E-state index in [2.05, 4.69) is 6.92 Å². The van der Waals surface area contributed by atoms with Crippen LogP contribution in [-0.4, -0.2) is 47.8 Å². The topological polar surface area (TPSA) is 46.5 Å². The summed E-state index contributed by atoms with van der Waals surface area (Å²) in [5.41, 5.74) is -1.70. The largest absolute Gasteiger partial charge is 0.453 e. The minimum absolute atomic E-state index is 0.0814. The minimum Gasteiger partial charge on any atom is -0.453 e. The smallest absolute Gasteiger partial charge is 0.349 e. The Bertz CT molecular complexity index is 760. The van der Waals surface area contributed by atoms with Gasteiger partial charge in [0.15, 0.2) is 6.10 Å². The first-order valence-corrected chi connectivity index (χ1v) is 13.2. The highest BCUT2D eigenvalue weighted by Crippen LogP contribution is 2.40. The van der Waals surface area contributed by atoms with Crippen molar-refractivity contribution in [2.75, 3.05) is 26.2 Å². The molecule has 6 heteroatoms. The molecule has 0 radical (unpaired) electrons. The maximum atomic E-state index is 13.4. The number of carbonyl (C=O) groups is 1. The molecule has 3 fully saturated rings. The molecule has 1 N–H and O–H groups in total. The van der Waals surface area contributed by atoms with Gasteiger partial charge in [-0.25, -0.2) is 4.79 Å². The van der Waals surface area contributed by atoms with Gasteiger partial charge in [-0.05, 0) is 35.7 Å². The summed E-state index contributed by atoms with van der Waals surface area (Å²) in [5, 5.41) is 15.3. The lowest BCUT2D eigenvalue weighted by atomic mass is 9.82. The second-order valence-electron chi connectivity index (χ2n) is 9.06.